The van der Waals surface area contributed by atoms with Gasteiger partial charge >= 0.3 is 0 Å². The zero-order valence-corrected chi connectivity index (χ0v) is 25.5. The van der Waals surface area contributed by atoms with Crippen LogP contribution in [0.4, 0.5) is 5.69 Å². The smallest absolute Gasteiger partial charge is 0.155 e. The molecular formula is C35H41N7O. The zero-order valence-electron chi connectivity index (χ0n) is 25.5. The van der Waals surface area contributed by atoms with Crippen LogP contribution in [0.15, 0.2) is 101 Å². The van der Waals surface area contributed by atoms with E-state index in [1.807, 2.05) is 80.4 Å². The number of hydrogen-bond acceptors (Lipinski definition) is 7. The summed E-state index contributed by atoms with van der Waals surface area (Å²) >= 11 is 0. The Morgan fingerprint density at radius 2 is 1.77 bits per heavy atom. The summed E-state index contributed by atoms with van der Waals surface area (Å²) in [7, 11) is 4.06. The summed E-state index contributed by atoms with van der Waals surface area (Å²) in [6, 6.07) is 22.2. The first kappa shape index (κ1) is 30.1. The predicted molar refractivity (Wildman–Crippen MR) is 177 cm³/mol. The molecule has 5 rings (SSSR count). The average Bonchev–Trinajstić information content (AvgIpc) is 3.21. The van der Waals surface area contributed by atoms with E-state index >= 15 is 0 Å². The van der Waals surface area contributed by atoms with Crippen molar-refractivity contribution in [1.29, 1.82) is 5.41 Å². The van der Waals surface area contributed by atoms with Gasteiger partial charge in [-0.1, -0.05) is 66.7 Å². The standard InChI is InChI=1S/C35H41N7O/c1-6-33(40(5)7-2)35(43,29-13-11-27(12-14-29)23-41-19-17-39(4)18-20-41)30-15-16-32-31(22-30)34(37-25-38-42(32)24-36)28-10-8-9-26(3)21-28/h6-16,21-22,24-25,36,43H,2,17-20,23H2,1,3-5H3/b33-6-,36-24?. The number of aliphatic imine (C=N–C) groups is 1. The molecule has 222 valence electrons. The lowest BCUT2D eigenvalue weighted by Gasteiger charge is -2.37. The van der Waals surface area contributed by atoms with Crippen molar-refractivity contribution in [1.82, 2.24) is 14.7 Å². The van der Waals surface area contributed by atoms with Gasteiger partial charge < -0.3 is 14.9 Å². The second-order valence-corrected chi connectivity index (χ2v) is 11.2. The van der Waals surface area contributed by atoms with Gasteiger partial charge in [-0.3, -0.25) is 10.3 Å². The van der Waals surface area contributed by atoms with Gasteiger partial charge in [0.25, 0.3) is 0 Å². The molecule has 2 aliphatic heterocycles. The summed E-state index contributed by atoms with van der Waals surface area (Å²) in [5.74, 6) is 0. The Morgan fingerprint density at radius 3 is 2.42 bits per heavy atom. The quantitative estimate of drug-likeness (QED) is 0.272. The molecule has 2 N–H and O–H groups in total. The molecule has 0 saturated carbocycles. The van der Waals surface area contributed by atoms with Crippen LogP contribution in [0.1, 0.15) is 40.3 Å². The number of aryl methyl sites for hydroxylation is 1. The number of rotatable bonds is 9. The normalized spacial score (nSPS) is 17.5. The summed E-state index contributed by atoms with van der Waals surface area (Å²) in [5, 5.41) is 26.7. The highest BCUT2D eigenvalue weighted by Gasteiger charge is 2.38. The van der Waals surface area contributed by atoms with Crippen LogP contribution < -0.4 is 5.01 Å². The van der Waals surface area contributed by atoms with Crippen LogP contribution in [0.2, 0.25) is 0 Å². The molecule has 3 aromatic carbocycles. The van der Waals surface area contributed by atoms with Gasteiger partial charge in [-0.15, -0.1) is 0 Å². The Labute approximate surface area is 255 Å². The summed E-state index contributed by atoms with van der Waals surface area (Å²) in [4.78, 5) is 11.4. The number of hydrogen-bond donors (Lipinski definition) is 2. The molecule has 1 saturated heterocycles. The van der Waals surface area contributed by atoms with E-state index in [1.54, 1.807) is 6.20 Å². The Kier molecular flexibility index (Phi) is 9.01. The fourth-order valence-corrected chi connectivity index (χ4v) is 5.89. The maximum Gasteiger partial charge on any atom is 0.155 e. The largest absolute Gasteiger partial charge is 0.375 e. The van der Waals surface area contributed by atoms with E-state index in [9.17, 15) is 5.11 Å². The van der Waals surface area contributed by atoms with Crippen LogP contribution in [-0.4, -0.2) is 78.5 Å². The number of nitrogens with one attached hydrogen (secondary N) is 1. The third-order valence-electron chi connectivity index (χ3n) is 8.36. The predicted octanol–water partition coefficient (Wildman–Crippen LogP) is 5.17. The number of allylic oxidation sites excluding steroid dienone is 1. The molecule has 8 nitrogen and oxygen atoms in total. The number of aliphatic hydroxyl groups is 1. The number of likely N-dealkylation sites (N-methyl/N-ethyl adjacent to an activating group) is 2. The molecule has 0 amide bonds. The Hall–Kier alpha value is -4.37. The topological polar surface area (TPSA) is 81.8 Å². The second-order valence-electron chi connectivity index (χ2n) is 11.2. The molecule has 1 fully saturated rings. The lowest BCUT2D eigenvalue weighted by Crippen LogP contribution is -2.43. The average molecular weight is 576 g/mol. The van der Waals surface area contributed by atoms with E-state index in [2.05, 4.69) is 46.7 Å². The van der Waals surface area contributed by atoms with Crippen LogP contribution in [0.3, 0.4) is 0 Å². The second kappa shape index (κ2) is 12.9. The molecule has 43 heavy (non-hydrogen) atoms. The maximum absolute atomic E-state index is 12.8. The lowest BCUT2D eigenvalue weighted by atomic mass is 9.80. The molecule has 0 aliphatic carbocycles. The molecular weight excluding hydrogens is 534 g/mol. The minimum Gasteiger partial charge on any atom is -0.375 e. The summed E-state index contributed by atoms with van der Waals surface area (Å²) in [6.45, 7) is 13.1. The van der Waals surface area contributed by atoms with Crippen LogP contribution in [-0.2, 0) is 12.1 Å². The van der Waals surface area contributed by atoms with Gasteiger partial charge in [0, 0.05) is 50.9 Å². The van der Waals surface area contributed by atoms with E-state index in [-0.39, 0.29) is 0 Å². The van der Waals surface area contributed by atoms with Gasteiger partial charge in [-0.25, -0.2) is 10.0 Å². The Balaban J connectivity index is 1.62. The molecule has 0 aromatic heterocycles. The van der Waals surface area contributed by atoms with Gasteiger partial charge in [0.05, 0.1) is 17.1 Å². The van der Waals surface area contributed by atoms with Crippen molar-refractivity contribution in [2.24, 2.45) is 10.1 Å². The van der Waals surface area contributed by atoms with Gasteiger partial charge in [0.15, 0.2) is 5.60 Å². The van der Waals surface area contributed by atoms with Crippen LogP contribution in [0, 0.1) is 12.3 Å². The fraction of sp³-hybridized carbons (Fsp3) is 0.286. The highest BCUT2D eigenvalue weighted by Crippen LogP contribution is 2.41. The van der Waals surface area contributed by atoms with Crippen molar-refractivity contribution in [2.75, 3.05) is 45.3 Å². The fourth-order valence-electron chi connectivity index (χ4n) is 5.89. The molecule has 1 unspecified atom stereocenters. The minimum atomic E-state index is -1.50. The summed E-state index contributed by atoms with van der Waals surface area (Å²) in [5.41, 5.74) is 6.05. The molecule has 3 aromatic rings. The third kappa shape index (κ3) is 6.08. The van der Waals surface area contributed by atoms with Gasteiger partial charge in [0.2, 0.25) is 0 Å². The summed E-state index contributed by atoms with van der Waals surface area (Å²) in [6.07, 6.45) is 6.26. The van der Waals surface area contributed by atoms with E-state index in [1.165, 1.54) is 16.9 Å². The third-order valence-corrected chi connectivity index (χ3v) is 8.36. The van der Waals surface area contributed by atoms with Crippen molar-refractivity contribution in [3.63, 3.8) is 0 Å². The van der Waals surface area contributed by atoms with Crippen molar-refractivity contribution < 1.29 is 5.11 Å². The van der Waals surface area contributed by atoms with Gasteiger partial charge in [-0.05, 0) is 62.0 Å². The van der Waals surface area contributed by atoms with Crippen molar-refractivity contribution in [3.05, 3.63) is 125 Å². The maximum atomic E-state index is 12.8. The first-order chi connectivity index (χ1) is 20.8. The van der Waals surface area contributed by atoms with Crippen LogP contribution in [0.5, 0.6) is 0 Å². The number of benzene rings is 3. The lowest BCUT2D eigenvalue weighted by molar-refractivity contribution is 0.0967. The molecule has 0 spiro atoms. The van der Waals surface area contributed by atoms with E-state index in [0.29, 0.717) is 16.9 Å². The van der Waals surface area contributed by atoms with Gasteiger partial charge in [0.1, 0.15) is 12.7 Å². The van der Waals surface area contributed by atoms with E-state index in [4.69, 9.17) is 10.4 Å². The first-order valence-corrected chi connectivity index (χ1v) is 14.7. The number of anilines is 1. The Bertz CT molecular complexity index is 1570. The molecule has 8 heteroatoms. The van der Waals surface area contributed by atoms with Crippen molar-refractivity contribution in [3.8, 4) is 0 Å². The van der Waals surface area contributed by atoms with Gasteiger partial charge in [-0.2, -0.15) is 5.10 Å². The van der Waals surface area contributed by atoms with Crippen molar-refractivity contribution >= 4 is 24.1 Å². The number of hydrazone groups is 1. The molecule has 0 bridgehead atoms. The first-order valence-electron chi connectivity index (χ1n) is 14.7. The highest BCUT2D eigenvalue weighted by molar-refractivity contribution is 6.19. The molecule has 2 heterocycles. The number of fused-ring (bicyclic) bond motifs is 1. The molecule has 2 aliphatic rings. The number of piperazine rings is 1. The molecule has 1 atom stereocenters. The van der Waals surface area contributed by atoms with Crippen molar-refractivity contribution in [2.45, 2.75) is 26.0 Å². The van der Waals surface area contributed by atoms with Crippen LogP contribution in [0.25, 0.3) is 0 Å². The van der Waals surface area contributed by atoms with Crippen LogP contribution >= 0.6 is 0 Å². The van der Waals surface area contributed by atoms with E-state index < -0.39 is 5.60 Å². The summed E-state index contributed by atoms with van der Waals surface area (Å²) < 4.78 is 0. The monoisotopic (exact) mass is 575 g/mol. The Morgan fingerprint density at radius 1 is 1.05 bits per heavy atom. The highest BCUT2D eigenvalue weighted by atomic mass is 16.3. The number of nitrogens with zero attached hydrogens (tertiary/aromatic N) is 6. The molecule has 0 radical (unpaired) electrons. The SMILES string of the molecule is C=CN(C)/C(=C\C)C(O)(c1ccc(CN2CCN(C)CC2)cc1)c1ccc2c(c1)C(c1cccc(C)c1)=NC=NN2C=N. The van der Waals surface area contributed by atoms with E-state index in [0.717, 1.165) is 67.0 Å². The zero-order chi connectivity index (χ0) is 30.6. The minimum absolute atomic E-state index is 0.673.